The van der Waals surface area contributed by atoms with Crippen LogP contribution >= 0.6 is 0 Å². The van der Waals surface area contributed by atoms with Crippen LogP contribution in [0.25, 0.3) is 0 Å². The lowest BCUT2D eigenvalue weighted by Crippen LogP contribution is -2.28. The molecule has 0 radical (unpaired) electrons. The third-order valence-electron chi connectivity index (χ3n) is 1.56. The predicted octanol–water partition coefficient (Wildman–Crippen LogP) is 2.29. The van der Waals surface area contributed by atoms with Gasteiger partial charge in [-0.1, -0.05) is 0 Å². The largest absolute Gasteiger partial charge is 0.381 e. The number of nitrogens with zero attached hydrogens (tertiary/aromatic N) is 1. The van der Waals surface area contributed by atoms with Crippen LogP contribution in [0.2, 0.25) is 0 Å². The van der Waals surface area contributed by atoms with E-state index >= 15 is 0 Å². The highest BCUT2D eigenvalue weighted by atomic mass is 19.2. The Morgan fingerprint density at radius 3 is 2.13 bits per heavy atom. The fourth-order valence-electron chi connectivity index (χ4n) is 1.02. The number of halogens is 3. The number of nitrogens with two attached hydrogens (primary N) is 1. The quantitative estimate of drug-likeness (QED) is 0.712. The first-order chi connectivity index (χ1) is 6.72. The summed E-state index contributed by atoms with van der Waals surface area (Å²) in [6, 6.07) is 0. The molecule has 1 rings (SSSR count). The summed E-state index contributed by atoms with van der Waals surface area (Å²) in [5, 5.41) is 2.49. The fraction of sp³-hybridized carbons (Fsp3) is 0.444. The molecule has 0 saturated heterocycles. The lowest BCUT2D eigenvalue weighted by Gasteiger charge is -2.23. The van der Waals surface area contributed by atoms with Gasteiger partial charge in [-0.2, -0.15) is 13.8 Å². The molecule has 0 unspecified atom stereocenters. The van der Waals surface area contributed by atoms with Crippen molar-refractivity contribution in [3.05, 3.63) is 17.6 Å². The topological polar surface area (TPSA) is 50.9 Å². The van der Waals surface area contributed by atoms with Crippen LogP contribution in [0.4, 0.5) is 24.7 Å². The number of hydrogen-bond acceptors (Lipinski definition) is 3. The summed E-state index contributed by atoms with van der Waals surface area (Å²) in [6.07, 6.45) is 0. The minimum absolute atomic E-state index is 0.590. The maximum atomic E-state index is 13.3. The molecule has 0 aliphatic rings. The Hall–Kier alpha value is -1.46. The Morgan fingerprint density at radius 2 is 1.67 bits per heavy atom. The fourth-order valence-corrected chi connectivity index (χ4v) is 1.02. The Labute approximate surface area is 85.5 Å². The van der Waals surface area contributed by atoms with Gasteiger partial charge >= 0.3 is 0 Å². The lowest BCUT2D eigenvalue weighted by atomic mass is 10.1. The molecule has 84 valence electrons. The van der Waals surface area contributed by atoms with Crippen LogP contribution in [0.1, 0.15) is 20.8 Å². The molecule has 1 heterocycles. The Morgan fingerprint density at radius 1 is 1.13 bits per heavy atom. The number of nitrogen functional groups attached to an aromatic ring is 1. The molecule has 6 heteroatoms. The van der Waals surface area contributed by atoms with Gasteiger partial charge in [-0.15, -0.1) is 0 Å². The molecular weight excluding hydrogens is 207 g/mol. The molecule has 1 aromatic heterocycles. The summed E-state index contributed by atoms with van der Waals surface area (Å²) < 4.78 is 39.3. The predicted molar refractivity (Wildman–Crippen MR) is 51.9 cm³/mol. The normalized spacial score (nSPS) is 11.6. The van der Waals surface area contributed by atoms with Crippen LogP contribution in [0.15, 0.2) is 0 Å². The van der Waals surface area contributed by atoms with Crippen LogP contribution in [0, 0.1) is 17.6 Å². The number of rotatable bonds is 1. The van der Waals surface area contributed by atoms with Gasteiger partial charge in [0.05, 0.1) is 0 Å². The zero-order valence-corrected chi connectivity index (χ0v) is 8.66. The molecule has 3 N–H and O–H groups in total. The van der Waals surface area contributed by atoms with E-state index in [9.17, 15) is 13.2 Å². The highest BCUT2D eigenvalue weighted by molar-refractivity contribution is 5.54. The number of nitrogens with one attached hydrogen (secondary N) is 1. The van der Waals surface area contributed by atoms with Crippen molar-refractivity contribution in [3.8, 4) is 0 Å². The van der Waals surface area contributed by atoms with Gasteiger partial charge in [-0.25, -0.2) is 4.39 Å². The van der Waals surface area contributed by atoms with E-state index in [0.29, 0.717) is 0 Å². The monoisotopic (exact) mass is 219 g/mol. The number of pyridine rings is 1. The highest BCUT2D eigenvalue weighted by Crippen LogP contribution is 2.26. The van der Waals surface area contributed by atoms with Crippen molar-refractivity contribution in [2.24, 2.45) is 0 Å². The van der Waals surface area contributed by atoms with Crippen LogP contribution in [0.5, 0.6) is 0 Å². The summed E-state index contributed by atoms with van der Waals surface area (Å²) in [5.41, 5.74) is 3.88. The van der Waals surface area contributed by atoms with E-state index in [0.717, 1.165) is 0 Å². The number of hydrogen-bond donors (Lipinski definition) is 2. The number of anilines is 2. The molecule has 0 fully saturated rings. The smallest absolute Gasteiger partial charge is 0.253 e. The van der Waals surface area contributed by atoms with Gasteiger partial charge in [0, 0.05) is 5.54 Å². The molecule has 0 saturated carbocycles. The average Bonchev–Trinajstić information content (AvgIpc) is 2.08. The van der Waals surface area contributed by atoms with E-state index < -0.39 is 34.6 Å². The standard InChI is InChI=1S/C9H12F3N3/c1-9(2,3)15-6-4(10)7(12)14-8(13)5(6)11/h1-3H3,(H3,13,14,15). The van der Waals surface area contributed by atoms with Gasteiger partial charge in [0.1, 0.15) is 5.69 Å². The van der Waals surface area contributed by atoms with Crippen molar-refractivity contribution < 1.29 is 13.2 Å². The van der Waals surface area contributed by atoms with E-state index in [1.165, 1.54) is 0 Å². The first kappa shape index (κ1) is 11.6. The zero-order chi connectivity index (χ0) is 11.8. The van der Waals surface area contributed by atoms with Gasteiger partial charge in [0.25, 0.3) is 5.95 Å². The van der Waals surface area contributed by atoms with Gasteiger partial charge in [-0.3, -0.25) is 0 Å². The van der Waals surface area contributed by atoms with E-state index in [-0.39, 0.29) is 0 Å². The van der Waals surface area contributed by atoms with Gasteiger partial charge in [0.2, 0.25) is 5.82 Å². The molecule has 15 heavy (non-hydrogen) atoms. The zero-order valence-electron chi connectivity index (χ0n) is 8.66. The summed E-state index contributed by atoms with van der Waals surface area (Å²) in [6.45, 7) is 5.04. The lowest BCUT2D eigenvalue weighted by molar-refractivity contribution is 0.466. The Balaban J connectivity index is 3.27. The summed E-state index contributed by atoms with van der Waals surface area (Å²) in [4.78, 5) is 2.88. The third-order valence-corrected chi connectivity index (χ3v) is 1.56. The van der Waals surface area contributed by atoms with Crippen LogP contribution in [-0.2, 0) is 0 Å². The van der Waals surface area contributed by atoms with E-state index in [1.807, 2.05) is 0 Å². The molecule has 0 aliphatic carbocycles. The molecule has 1 aromatic rings. The van der Waals surface area contributed by atoms with E-state index in [1.54, 1.807) is 20.8 Å². The Bertz CT molecular complexity index is 359. The molecule has 3 nitrogen and oxygen atoms in total. The van der Waals surface area contributed by atoms with Crippen LogP contribution < -0.4 is 11.1 Å². The molecule has 0 spiro atoms. The molecule has 0 amide bonds. The second-order valence-corrected chi connectivity index (χ2v) is 4.17. The first-order valence-corrected chi connectivity index (χ1v) is 4.30. The molecule has 0 atom stereocenters. The summed E-state index contributed by atoms with van der Waals surface area (Å²) >= 11 is 0. The van der Waals surface area contributed by atoms with E-state index in [4.69, 9.17) is 5.73 Å². The van der Waals surface area contributed by atoms with E-state index in [2.05, 4.69) is 10.3 Å². The minimum atomic E-state index is -1.42. The van der Waals surface area contributed by atoms with Gasteiger partial charge in [-0.05, 0) is 20.8 Å². The molecule has 0 bridgehead atoms. The van der Waals surface area contributed by atoms with Gasteiger partial charge < -0.3 is 11.1 Å². The van der Waals surface area contributed by atoms with Crippen LogP contribution in [0.3, 0.4) is 0 Å². The van der Waals surface area contributed by atoms with Crippen LogP contribution in [-0.4, -0.2) is 10.5 Å². The minimum Gasteiger partial charge on any atom is -0.381 e. The van der Waals surface area contributed by atoms with Crippen molar-refractivity contribution >= 4 is 11.5 Å². The highest BCUT2D eigenvalue weighted by Gasteiger charge is 2.22. The third kappa shape index (κ3) is 2.51. The number of aromatic nitrogens is 1. The average molecular weight is 219 g/mol. The second-order valence-electron chi connectivity index (χ2n) is 4.17. The Kier molecular flexibility index (Phi) is 2.79. The van der Waals surface area contributed by atoms with Gasteiger partial charge in [0.15, 0.2) is 11.6 Å². The SMILES string of the molecule is CC(C)(C)Nc1c(F)c(N)nc(F)c1F. The van der Waals surface area contributed by atoms with Crippen molar-refractivity contribution in [3.63, 3.8) is 0 Å². The molecule has 0 aliphatic heterocycles. The van der Waals surface area contributed by atoms with Crippen molar-refractivity contribution in [2.75, 3.05) is 11.1 Å². The molecular formula is C9H12F3N3. The van der Waals surface area contributed by atoms with Crippen molar-refractivity contribution in [2.45, 2.75) is 26.3 Å². The van der Waals surface area contributed by atoms with Crippen molar-refractivity contribution in [1.82, 2.24) is 4.98 Å². The van der Waals surface area contributed by atoms with Crippen molar-refractivity contribution in [1.29, 1.82) is 0 Å². The maximum absolute atomic E-state index is 13.3. The summed E-state index contributed by atoms with van der Waals surface area (Å²) in [7, 11) is 0. The summed E-state index contributed by atoms with van der Waals surface area (Å²) in [5.74, 6) is -4.53. The molecule has 0 aromatic carbocycles. The maximum Gasteiger partial charge on any atom is 0.253 e. The second kappa shape index (κ2) is 3.60. The first-order valence-electron chi connectivity index (χ1n) is 4.30.